The zero-order valence-corrected chi connectivity index (χ0v) is 11.7. The number of rotatable bonds is 4. The van der Waals surface area contributed by atoms with Gasteiger partial charge in [-0.3, -0.25) is 0 Å². The predicted octanol–water partition coefficient (Wildman–Crippen LogP) is 1.87. The molecule has 2 rings (SSSR count). The van der Waals surface area contributed by atoms with Crippen LogP contribution in [0.5, 0.6) is 0 Å². The standard InChI is InChI=1S/C12H13Cl2N4O/c1-8(10-3-2-9(13)4-11(10)14)12(15,19)5-18-7-16-6-17-18/h2-4,6-7,19H,5,15H2,1H3/t12-/m0/s1. The van der Waals surface area contributed by atoms with E-state index in [9.17, 15) is 5.11 Å². The highest BCUT2D eigenvalue weighted by Gasteiger charge is 2.33. The number of aromatic nitrogens is 3. The topological polar surface area (TPSA) is 77.0 Å². The van der Waals surface area contributed by atoms with Gasteiger partial charge in [0.2, 0.25) is 0 Å². The number of nitrogens with zero attached hydrogens (tertiary/aromatic N) is 3. The van der Waals surface area contributed by atoms with Gasteiger partial charge in [0.15, 0.2) is 0 Å². The third-order valence-electron chi connectivity index (χ3n) is 2.85. The van der Waals surface area contributed by atoms with Gasteiger partial charge in [0.25, 0.3) is 0 Å². The normalized spacial score (nSPS) is 14.6. The summed E-state index contributed by atoms with van der Waals surface area (Å²) < 4.78 is 1.45. The molecule has 0 unspecified atom stereocenters. The SMILES string of the molecule is C[C](c1ccc(Cl)cc1Cl)[C@@](N)(O)Cn1cncn1. The van der Waals surface area contributed by atoms with Crippen molar-refractivity contribution in [2.75, 3.05) is 0 Å². The molecular weight excluding hydrogens is 287 g/mol. The molecule has 101 valence electrons. The Bertz CT molecular complexity index is 557. The Morgan fingerprint density at radius 1 is 1.47 bits per heavy atom. The van der Waals surface area contributed by atoms with Crippen molar-refractivity contribution < 1.29 is 5.11 Å². The lowest BCUT2D eigenvalue weighted by atomic mass is 9.90. The molecule has 3 N–H and O–H groups in total. The number of hydrogen-bond acceptors (Lipinski definition) is 4. The second kappa shape index (κ2) is 5.46. The fraction of sp³-hybridized carbons (Fsp3) is 0.250. The summed E-state index contributed by atoms with van der Waals surface area (Å²) in [6, 6.07) is 5.02. The Balaban J connectivity index is 2.24. The van der Waals surface area contributed by atoms with Crippen LogP contribution in [0.4, 0.5) is 0 Å². The number of hydrogen-bond donors (Lipinski definition) is 2. The van der Waals surface area contributed by atoms with Crippen LogP contribution in [0.15, 0.2) is 30.9 Å². The van der Waals surface area contributed by atoms with Crippen LogP contribution in [0.2, 0.25) is 10.0 Å². The van der Waals surface area contributed by atoms with Crippen molar-refractivity contribution in [2.45, 2.75) is 19.2 Å². The van der Waals surface area contributed by atoms with Crippen molar-refractivity contribution in [1.29, 1.82) is 0 Å². The average molecular weight is 300 g/mol. The molecule has 1 radical (unpaired) electrons. The van der Waals surface area contributed by atoms with E-state index in [0.717, 1.165) is 0 Å². The van der Waals surface area contributed by atoms with Gasteiger partial charge in [-0.15, -0.1) is 0 Å². The maximum absolute atomic E-state index is 10.4. The van der Waals surface area contributed by atoms with Gasteiger partial charge in [-0.25, -0.2) is 9.67 Å². The molecule has 7 heteroatoms. The summed E-state index contributed by atoms with van der Waals surface area (Å²) >= 11 is 11.9. The number of halogens is 2. The van der Waals surface area contributed by atoms with Crippen molar-refractivity contribution in [3.05, 3.63) is 52.4 Å². The number of nitrogens with two attached hydrogens (primary N) is 1. The third-order valence-corrected chi connectivity index (χ3v) is 3.40. The highest BCUT2D eigenvalue weighted by molar-refractivity contribution is 6.35. The van der Waals surface area contributed by atoms with E-state index in [4.69, 9.17) is 28.9 Å². The Kier molecular flexibility index (Phi) is 4.10. The first-order valence-corrected chi connectivity index (χ1v) is 6.29. The van der Waals surface area contributed by atoms with Gasteiger partial charge in [0, 0.05) is 10.0 Å². The molecule has 0 aliphatic carbocycles. The van der Waals surface area contributed by atoms with E-state index in [1.165, 1.54) is 17.3 Å². The van der Waals surface area contributed by atoms with Crippen LogP contribution in [0.1, 0.15) is 12.5 Å². The molecule has 0 aliphatic rings. The van der Waals surface area contributed by atoms with Gasteiger partial charge in [-0.05, 0) is 17.7 Å². The van der Waals surface area contributed by atoms with E-state index in [1.54, 1.807) is 25.1 Å². The smallest absolute Gasteiger partial charge is 0.143 e. The Hall–Kier alpha value is -1.14. The van der Waals surface area contributed by atoms with Gasteiger partial charge in [-0.2, -0.15) is 5.10 Å². The van der Waals surface area contributed by atoms with Crippen LogP contribution in [0.3, 0.4) is 0 Å². The summed E-state index contributed by atoms with van der Waals surface area (Å²) in [6.45, 7) is 1.80. The summed E-state index contributed by atoms with van der Waals surface area (Å²) in [5.74, 6) is 0.532. The quantitative estimate of drug-likeness (QED) is 0.845. The minimum atomic E-state index is -1.58. The fourth-order valence-corrected chi connectivity index (χ4v) is 2.26. The molecule has 1 aromatic carbocycles. The van der Waals surface area contributed by atoms with E-state index in [2.05, 4.69) is 10.1 Å². The molecular formula is C12H13Cl2N4O. The largest absolute Gasteiger partial charge is 0.373 e. The predicted molar refractivity (Wildman–Crippen MR) is 73.6 cm³/mol. The summed E-state index contributed by atoms with van der Waals surface area (Å²) in [4.78, 5) is 3.80. The summed E-state index contributed by atoms with van der Waals surface area (Å²) in [5.41, 5.74) is 5.00. The first kappa shape index (κ1) is 14.3. The molecule has 2 aromatic rings. The Morgan fingerprint density at radius 2 is 2.21 bits per heavy atom. The maximum atomic E-state index is 10.4. The number of aliphatic hydroxyl groups is 1. The molecule has 0 aliphatic heterocycles. The van der Waals surface area contributed by atoms with Crippen molar-refractivity contribution in [2.24, 2.45) is 5.73 Å². The van der Waals surface area contributed by atoms with Crippen molar-refractivity contribution in [1.82, 2.24) is 14.8 Å². The highest BCUT2D eigenvalue weighted by atomic mass is 35.5. The van der Waals surface area contributed by atoms with E-state index in [1.807, 2.05) is 0 Å². The van der Waals surface area contributed by atoms with Crippen molar-refractivity contribution in [3.8, 4) is 0 Å². The first-order valence-electron chi connectivity index (χ1n) is 5.53. The first-order chi connectivity index (χ1) is 8.90. The Labute approximate surface area is 121 Å². The lowest BCUT2D eigenvalue weighted by molar-refractivity contribution is 0.0449. The lowest BCUT2D eigenvalue weighted by Gasteiger charge is -2.30. The van der Waals surface area contributed by atoms with Crippen LogP contribution in [-0.2, 0) is 6.54 Å². The minimum absolute atomic E-state index is 0.0811. The molecule has 5 nitrogen and oxygen atoms in total. The zero-order valence-electron chi connectivity index (χ0n) is 10.2. The lowest BCUT2D eigenvalue weighted by Crippen LogP contribution is -2.49. The zero-order chi connectivity index (χ0) is 14.0. The Morgan fingerprint density at radius 3 is 2.79 bits per heavy atom. The van der Waals surface area contributed by atoms with Gasteiger partial charge in [0.05, 0.1) is 12.5 Å². The second-order valence-electron chi connectivity index (χ2n) is 4.27. The molecule has 1 heterocycles. The van der Waals surface area contributed by atoms with Crippen LogP contribution >= 0.6 is 23.2 Å². The van der Waals surface area contributed by atoms with Crippen LogP contribution in [0, 0.1) is 5.92 Å². The van der Waals surface area contributed by atoms with Crippen molar-refractivity contribution >= 4 is 23.2 Å². The van der Waals surface area contributed by atoms with Crippen LogP contribution < -0.4 is 5.73 Å². The molecule has 0 saturated carbocycles. The molecule has 0 fully saturated rings. The monoisotopic (exact) mass is 299 g/mol. The highest BCUT2D eigenvalue weighted by Crippen LogP contribution is 2.31. The third kappa shape index (κ3) is 3.25. The molecule has 19 heavy (non-hydrogen) atoms. The van der Waals surface area contributed by atoms with E-state index in [-0.39, 0.29) is 6.54 Å². The molecule has 0 spiro atoms. The van der Waals surface area contributed by atoms with Crippen LogP contribution in [0.25, 0.3) is 0 Å². The average Bonchev–Trinajstić information content (AvgIpc) is 2.80. The van der Waals surface area contributed by atoms with Gasteiger partial charge in [-0.1, -0.05) is 36.2 Å². The summed E-state index contributed by atoms with van der Waals surface area (Å²) in [6.07, 6.45) is 2.86. The van der Waals surface area contributed by atoms with E-state index >= 15 is 0 Å². The summed E-state index contributed by atoms with van der Waals surface area (Å²) in [7, 11) is 0. The molecule has 0 bridgehead atoms. The van der Waals surface area contributed by atoms with Crippen LogP contribution in [-0.4, -0.2) is 25.6 Å². The number of benzene rings is 1. The summed E-state index contributed by atoms with van der Waals surface area (Å²) in [5, 5.41) is 15.2. The van der Waals surface area contributed by atoms with E-state index < -0.39 is 5.72 Å². The van der Waals surface area contributed by atoms with Gasteiger partial charge >= 0.3 is 0 Å². The van der Waals surface area contributed by atoms with Crippen molar-refractivity contribution in [3.63, 3.8) is 0 Å². The molecule has 1 atom stereocenters. The van der Waals surface area contributed by atoms with Gasteiger partial charge in [0.1, 0.15) is 18.4 Å². The fourth-order valence-electron chi connectivity index (χ4n) is 1.71. The minimum Gasteiger partial charge on any atom is -0.373 e. The van der Waals surface area contributed by atoms with Gasteiger partial charge < -0.3 is 10.8 Å². The second-order valence-corrected chi connectivity index (χ2v) is 5.11. The molecule has 0 amide bonds. The molecule has 0 saturated heterocycles. The molecule has 1 aromatic heterocycles. The van der Waals surface area contributed by atoms with E-state index in [0.29, 0.717) is 21.5 Å². The maximum Gasteiger partial charge on any atom is 0.143 e.